The highest BCUT2D eigenvalue weighted by Crippen LogP contribution is 2.40. The van der Waals surface area contributed by atoms with Crippen LogP contribution in [0.25, 0.3) is 0 Å². The number of allylic oxidation sites excluding steroid dienone is 2. The van der Waals surface area contributed by atoms with Crippen molar-refractivity contribution < 1.29 is 14.3 Å². The lowest BCUT2D eigenvalue weighted by Gasteiger charge is -2.33. The minimum absolute atomic E-state index is 0.249. The van der Waals surface area contributed by atoms with Gasteiger partial charge in [0, 0.05) is 36.0 Å². The number of benzene rings is 1. The first-order chi connectivity index (χ1) is 12.7. The first-order valence-corrected chi connectivity index (χ1v) is 10.1. The van der Waals surface area contributed by atoms with Crippen LogP contribution < -0.4 is 14.4 Å². The number of rotatable bonds is 6. The maximum atomic E-state index is 11.9. The summed E-state index contributed by atoms with van der Waals surface area (Å²) in [7, 11) is 1.70. The summed E-state index contributed by atoms with van der Waals surface area (Å²) < 4.78 is 11.8. The van der Waals surface area contributed by atoms with Gasteiger partial charge in [-0.3, -0.25) is 4.79 Å². The number of carbonyl (C=O) groups excluding carboxylic acids is 1. The maximum Gasteiger partial charge on any atom is 0.163 e. The Balaban J connectivity index is 1.66. The lowest BCUT2D eigenvalue weighted by molar-refractivity contribution is -0.114. The molecule has 0 saturated heterocycles. The van der Waals surface area contributed by atoms with Crippen LogP contribution >= 0.6 is 0 Å². The van der Waals surface area contributed by atoms with Gasteiger partial charge in [-0.05, 0) is 57.1 Å². The van der Waals surface area contributed by atoms with Crippen molar-refractivity contribution in [3.8, 4) is 11.5 Å². The van der Waals surface area contributed by atoms with E-state index in [0.717, 1.165) is 36.4 Å². The van der Waals surface area contributed by atoms with Crippen LogP contribution in [0, 0.1) is 0 Å². The Kier molecular flexibility index (Phi) is 5.18. The maximum absolute atomic E-state index is 11.9. The molecular formula is C22H29NO3. The van der Waals surface area contributed by atoms with Crippen LogP contribution in [0.1, 0.15) is 64.2 Å². The van der Waals surface area contributed by atoms with E-state index in [1.54, 1.807) is 7.11 Å². The summed E-state index contributed by atoms with van der Waals surface area (Å²) in [5.41, 5.74) is 2.30. The highest BCUT2D eigenvalue weighted by Gasteiger charge is 2.29. The van der Waals surface area contributed by atoms with Crippen molar-refractivity contribution in [3.63, 3.8) is 0 Å². The summed E-state index contributed by atoms with van der Waals surface area (Å²) in [6.07, 6.45) is 13.3. The number of ether oxygens (including phenoxy) is 2. The molecule has 1 aromatic carbocycles. The lowest BCUT2D eigenvalue weighted by atomic mass is 10.1. The molecule has 0 N–H and O–H groups in total. The van der Waals surface area contributed by atoms with E-state index in [0.29, 0.717) is 18.6 Å². The average molecular weight is 355 g/mol. The van der Waals surface area contributed by atoms with Crippen LogP contribution in [-0.2, 0) is 4.79 Å². The van der Waals surface area contributed by atoms with Crippen molar-refractivity contribution in [3.05, 3.63) is 30.0 Å². The third-order valence-corrected chi connectivity index (χ3v) is 5.98. The standard InChI is InChI=1S/C22H29NO3/c1-25-21-13-11-18(15-22(21)26-20-8-4-5-9-20)23(16-6-2-3-7-16)17-10-12-19(24)14-17/h11,13-16,20H,2-10,12H2,1H3. The molecule has 0 atom stereocenters. The van der Waals surface area contributed by atoms with Gasteiger partial charge in [-0.25, -0.2) is 0 Å². The number of methoxy groups -OCH3 is 1. The van der Waals surface area contributed by atoms with E-state index in [1.807, 2.05) is 12.1 Å². The molecule has 140 valence electrons. The molecule has 2 fully saturated rings. The molecule has 0 heterocycles. The molecule has 3 aliphatic carbocycles. The minimum Gasteiger partial charge on any atom is -0.493 e. The predicted octanol–water partition coefficient (Wildman–Crippen LogP) is 5.01. The summed E-state index contributed by atoms with van der Waals surface area (Å²) in [5.74, 6) is 1.88. The van der Waals surface area contributed by atoms with Crippen molar-refractivity contribution in [2.75, 3.05) is 12.0 Å². The second-order valence-corrected chi connectivity index (χ2v) is 7.77. The van der Waals surface area contributed by atoms with Crippen LogP contribution in [0.3, 0.4) is 0 Å². The third-order valence-electron chi connectivity index (χ3n) is 5.98. The first kappa shape index (κ1) is 17.4. The molecule has 4 nitrogen and oxygen atoms in total. The normalized spacial score (nSPS) is 21.3. The van der Waals surface area contributed by atoms with Gasteiger partial charge in [0.25, 0.3) is 0 Å². The molecule has 0 radical (unpaired) electrons. The summed E-state index contributed by atoms with van der Waals surface area (Å²) in [6.45, 7) is 0. The Morgan fingerprint density at radius 2 is 1.69 bits per heavy atom. The topological polar surface area (TPSA) is 38.8 Å². The van der Waals surface area contributed by atoms with E-state index >= 15 is 0 Å². The summed E-state index contributed by atoms with van der Waals surface area (Å²) in [6, 6.07) is 6.74. The Labute approximate surface area is 156 Å². The van der Waals surface area contributed by atoms with E-state index in [1.165, 1.54) is 44.2 Å². The van der Waals surface area contributed by atoms with Gasteiger partial charge in [0.15, 0.2) is 17.3 Å². The second kappa shape index (κ2) is 7.73. The fraction of sp³-hybridized carbons (Fsp3) is 0.591. The molecule has 0 aliphatic heterocycles. The largest absolute Gasteiger partial charge is 0.493 e. The lowest BCUT2D eigenvalue weighted by Crippen LogP contribution is -2.32. The van der Waals surface area contributed by atoms with Crippen LogP contribution in [-0.4, -0.2) is 25.0 Å². The highest BCUT2D eigenvalue weighted by molar-refractivity contribution is 5.94. The van der Waals surface area contributed by atoms with E-state index in [-0.39, 0.29) is 5.78 Å². The van der Waals surface area contributed by atoms with Crippen LogP contribution in [0.4, 0.5) is 5.69 Å². The molecule has 4 heteroatoms. The van der Waals surface area contributed by atoms with E-state index in [2.05, 4.69) is 17.0 Å². The van der Waals surface area contributed by atoms with Crippen molar-refractivity contribution in [1.82, 2.24) is 0 Å². The third kappa shape index (κ3) is 3.60. The fourth-order valence-electron chi connectivity index (χ4n) is 4.64. The average Bonchev–Trinajstić information content (AvgIpc) is 3.39. The monoisotopic (exact) mass is 355 g/mol. The van der Waals surface area contributed by atoms with Gasteiger partial charge in [0.05, 0.1) is 13.2 Å². The molecule has 26 heavy (non-hydrogen) atoms. The Bertz CT molecular complexity index is 685. The zero-order chi connectivity index (χ0) is 17.9. The van der Waals surface area contributed by atoms with Crippen molar-refractivity contribution in [2.24, 2.45) is 0 Å². The van der Waals surface area contributed by atoms with Gasteiger partial charge in [-0.15, -0.1) is 0 Å². The number of ketones is 1. The van der Waals surface area contributed by atoms with Crippen molar-refractivity contribution in [2.45, 2.75) is 76.4 Å². The zero-order valence-electron chi connectivity index (χ0n) is 15.7. The Morgan fingerprint density at radius 3 is 2.35 bits per heavy atom. The zero-order valence-corrected chi connectivity index (χ0v) is 15.7. The van der Waals surface area contributed by atoms with E-state index in [4.69, 9.17) is 9.47 Å². The van der Waals surface area contributed by atoms with Crippen LogP contribution in [0.5, 0.6) is 11.5 Å². The number of hydrogen-bond acceptors (Lipinski definition) is 4. The molecule has 0 amide bonds. The molecule has 0 spiro atoms. The van der Waals surface area contributed by atoms with Gasteiger partial charge in [0.2, 0.25) is 0 Å². The molecule has 0 unspecified atom stereocenters. The number of nitrogens with zero attached hydrogens (tertiary/aromatic N) is 1. The van der Waals surface area contributed by atoms with E-state index in [9.17, 15) is 4.79 Å². The van der Waals surface area contributed by atoms with Crippen molar-refractivity contribution >= 4 is 11.5 Å². The predicted molar refractivity (Wildman–Crippen MR) is 103 cm³/mol. The fourth-order valence-corrected chi connectivity index (χ4v) is 4.64. The molecule has 2 saturated carbocycles. The van der Waals surface area contributed by atoms with Gasteiger partial charge in [-0.1, -0.05) is 12.8 Å². The van der Waals surface area contributed by atoms with Gasteiger partial charge in [-0.2, -0.15) is 0 Å². The number of hydrogen-bond donors (Lipinski definition) is 0. The van der Waals surface area contributed by atoms with Crippen LogP contribution in [0.15, 0.2) is 30.0 Å². The minimum atomic E-state index is 0.249. The second-order valence-electron chi connectivity index (χ2n) is 7.77. The molecular weight excluding hydrogens is 326 g/mol. The quantitative estimate of drug-likeness (QED) is 0.719. The van der Waals surface area contributed by atoms with Crippen LogP contribution in [0.2, 0.25) is 0 Å². The summed E-state index contributed by atoms with van der Waals surface area (Å²) in [4.78, 5) is 14.3. The molecule has 4 rings (SSSR count). The van der Waals surface area contributed by atoms with E-state index < -0.39 is 0 Å². The number of anilines is 1. The number of carbonyl (C=O) groups is 1. The molecule has 1 aromatic rings. The Morgan fingerprint density at radius 1 is 0.962 bits per heavy atom. The molecule has 0 bridgehead atoms. The van der Waals surface area contributed by atoms with Crippen molar-refractivity contribution in [1.29, 1.82) is 0 Å². The van der Waals surface area contributed by atoms with Gasteiger partial charge >= 0.3 is 0 Å². The molecule has 3 aliphatic rings. The smallest absolute Gasteiger partial charge is 0.163 e. The SMILES string of the molecule is COc1ccc(N(C2=CC(=O)CC2)C2CCCC2)cc1OC1CCCC1. The van der Waals surface area contributed by atoms with Gasteiger partial charge < -0.3 is 14.4 Å². The molecule has 0 aromatic heterocycles. The summed E-state index contributed by atoms with van der Waals surface area (Å²) in [5, 5.41) is 0. The summed E-state index contributed by atoms with van der Waals surface area (Å²) >= 11 is 0. The Hall–Kier alpha value is -1.97. The highest BCUT2D eigenvalue weighted by atomic mass is 16.5. The first-order valence-electron chi connectivity index (χ1n) is 10.1. The van der Waals surface area contributed by atoms with Gasteiger partial charge in [0.1, 0.15) is 0 Å².